The molecule has 29 heavy (non-hydrogen) atoms. The van der Waals surface area contributed by atoms with Gasteiger partial charge in [0.1, 0.15) is 0 Å². The van der Waals surface area contributed by atoms with Gasteiger partial charge in [-0.1, -0.05) is 0 Å². The number of nitrogens with one attached hydrogen (secondary N) is 1. The first-order valence-corrected chi connectivity index (χ1v) is 14.9. The van der Waals surface area contributed by atoms with E-state index in [1.165, 1.54) is 0 Å². The van der Waals surface area contributed by atoms with Gasteiger partial charge in [-0.05, 0) is 53.1 Å². The Morgan fingerprint density at radius 3 is 1.69 bits per heavy atom. The van der Waals surface area contributed by atoms with Crippen LogP contribution in [0, 0.1) is 0 Å². The van der Waals surface area contributed by atoms with Crippen molar-refractivity contribution >= 4 is 17.6 Å². The number of nitrogens with two attached hydrogens (primary N) is 2. The second-order valence-electron chi connectivity index (χ2n) is 6.24. The lowest BCUT2D eigenvalue weighted by molar-refractivity contribution is 0.0709. The minimum absolute atomic E-state index is 0.636. The maximum atomic E-state index is 5.65. The molecule has 0 aliphatic carbocycles. The molecule has 0 saturated heterocycles. The van der Waals surface area contributed by atoms with E-state index in [0.717, 1.165) is 38.4 Å². The Morgan fingerprint density at radius 2 is 1.28 bits per heavy atom. The molecule has 11 heteroatoms. The highest BCUT2D eigenvalue weighted by Crippen LogP contribution is 2.17. The van der Waals surface area contributed by atoms with Gasteiger partial charge in [-0.2, -0.15) is 0 Å². The lowest BCUT2D eigenvalue weighted by Gasteiger charge is -2.28. The molecular formula is C18H47N3O6Si2. The first-order chi connectivity index (χ1) is 13.9. The fourth-order valence-electron chi connectivity index (χ4n) is 2.36. The van der Waals surface area contributed by atoms with Gasteiger partial charge in [0.15, 0.2) is 0 Å². The number of hydrogen-bond donors (Lipinski definition) is 3. The van der Waals surface area contributed by atoms with Crippen LogP contribution in [0.15, 0.2) is 0 Å². The Bertz CT molecular complexity index is 326. The van der Waals surface area contributed by atoms with Crippen LogP contribution in [-0.4, -0.2) is 84.4 Å². The third-order valence-corrected chi connectivity index (χ3v) is 9.32. The summed E-state index contributed by atoms with van der Waals surface area (Å²) >= 11 is 0. The van der Waals surface area contributed by atoms with Gasteiger partial charge in [0, 0.05) is 66.3 Å². The van der Waals surface area contributed by atoms with Crippen LogP contribution >= 0.6 is 0 Å². The van der Waals surface area contributed by atoms with Crippen molar-refractivity contribution in [1.82, 2.24) is 5.32 Å². The monoisotopic (exact) mass is 457 g/mol. The molecule has 0 saturated carbocycles. The Labute approximate surface area is 180 Å². The van der Waals surface area contributed by atoms with E-state index in [9.17, 15) is 0 Å². The first kappa shape index (κ1) is 31.3. The predicted molar refractivity (Wildman–Crippen MR) is 122 cm³/mol. The maximum absolute atomic E-state index is 5.65. The highest BCUT2D eigenvalue weighted by Gasteiger charge is 2.39. The minimum atomic E-state index is -2.40. The molecule has 5 N–H and O–H groups in total. The third kappa shape index (κ3) is 17.4. The SMILES string of the molecule is CCO[Si](CCCN)(OCC)OCC.CO[Si](C)(OC)OCCCCNCCN. The van der Waals surface area contributed by atoms with Crippen molar-refractivity contribution in [3.8, 4) is 0 Å². The molecule has 9 nitrogen and oxygen atoms in total. The number of hydrogen-bond acceptors (Lipinski definition) is 9. The van der Waals surface area contributed by atoms with Crippen molar-refractivity contribution in [3.05, 3.63) is 0 Å². The normalized spacial score (nSPS) is 12.0. The second-order valence-corrected chi connectivity index (χ2v) is 11.8. The van der Waals surface area contributed by atoms with Crippen LogP contribution in [0.2, 0.25) is 12.6 Å². The topological polar surface area (TPSA) is 119 Å². The van der Waals surface area contributed by atoms with E-state index in [2.05, 4.69) is 5.32 Å². The van der Waals surface area contributed by atoms with Gasteiger partial charge in [-0.15, -0.1) is 0 Å². The average Bonchev–Trinajstić information content (AvgIpc) is 2.72. The van der Waals surface area contributed by atoms with Gasteiger partial charge < -0.3 is 43.3 Å². The van der Waals surface area contributed by atoms with Crippen LogP contribution in [-0.2, 0) is 26.6 Å². The summed E-state index contributed by atoms with van der Waals surface area (Å²) in [5.41, 5.74) is 10.8. The van der Waals surface area contributed by atoms with Gasteiger partial charge in [0.25, 0.3) is 0 Å². The Kier molecular flexibility index (Phi) is 23.0. The van der Waals surface area contributed by atoms with Crippen LogP contribution in [0.25, 0.3) is 0 Å². The molecule has 0 rings (SSSR count). The van der Waals surface area contributed by atoms with E-state index in [-0.39, 0.29) is 0 Å². The summed E-state index contributed by atoms with van der Waals surface area (Å²) in [5.74, 6) is 0. The van der Waals surface area contributed by atoms with Crippen molar-refractivity contribution in [2.45, 2.75) is 52.6 Å². The van der Waals surface area contributed by atoms with Crippen molar-refractivity contribution < 1.29 is 26.6 Å². The molecule has 0 fully saturated rings. The highest BCUT2D eigenvalue weighted by molar-refractivity contribution is 6.60. The molecule has 0 aromatic rings. The van der Waals surface area contributed by atoms with E-state index >= 15 is 0 Å². The molecule has 0 atom stereocenters. The molecule has 0 aliphatic heterocycles. The van der Waals surface area contributed by atoms with E-state index in [0.29, 0.717) is 39.5 Å². The first-order valence-electron chi connectivity index (χ1n) is 10.7. The summed E-state index contributed by atoms with van der Waals surface area (Å²) in [6.45, 7) is 13.6. The molecule has 0 unspecified atom stereocenters. The summed E-state index contributed by atoms with van der Waals surface area (Å²) in [4.78, 5) is 0. The standard InChI is InChI=1S/C9H24N2O3Si.C9H23NO3Si/c1-12-15(3,13-2)14-9-5-4-7-11-8-6-10;1-4-11-14(12-5-2,13-6-3)9-7-8-10/h11H,4-10H2,1-3H3;4-10H2,1-3H3. The summed E-state index contributed by atoms with van der Waals surface area (Å²) < 4.78 is 32.9. The van der Waals surface area contributed by atoms with Crippen LogP contribution in [0.1, 0.15) is 40.0 Å². The highest BCUT2D eigenvalue weighted by atomic mass is 28.4. The third-order valence-electron chi connectivity index (χ3n) is 3.95. The van der Waals surface area contributed by atoms with Crippen LogP contribution in [0.4, 0.5) is 0 Å². The quantitative estimate of drug-likeness (QED) is 0.196. The van der Waals surface area contributed by atoms with Gasteiger partial charge in [-0.25, -0.2) is 0 Å². The molecule has 0 spiro atoms. The van der Waals surface area contributed by atoms with Crippen molar-refractivity contribution in [2.75, 3.05) is 66.8 Å². The molecule has 0 radical (unpaired) electrons. The molecule has 0 aliphatic rings. The lowest BCUT2D eigenvalue weighted by atomic mass is 10.3. The van der Waals surface area contributed by atoms with E-state index in [1.807, 2.05) is 27.3 Å². The van der Waals surface area contributed by atoms with Crippen LogP contribution in [0.5, 0.6) is 0 Å². The zero-order valence-electron chi connectivity index (χ0n) is 19.6. The predicted octanol–water partition coefficient (Wildman–Crippen LogP) is 1.58. The van der Waals surface area contributed by atoms with Gasteiger partial charge >= 0.3 is 17.6 Å². The number of rotatable bonds is 19. The Morgan fingerprint density at radius 1 is 0.724 bits per heavy atom. The van der Waals surface area contributed by atoms with E-state index < -0.39 is 17.6 Å². The van der Waals surface area contributed by atoms with Gasteiger partial charge in [-0.3, -0.25) is 0 Å². The van der Waals surface area contributed by atoms with E-state index in [1.54, 1.807) is 14.2 Å². The van der Waals surface area contributed by atoms with Gasteiger partial charge in [0.05, 0.1) is 0 Å². The molecule has 0 aromatic heterocycles. The number of unbranched alkanes of at least 4 members (excludes halogenated alkanes) is 1. The summed E-state index contributed by atoms with van der Waals surface area (Å²) in [7, 11) is -1.46. The van der Waals surface area contributed by atoms with Crippen molar-refractivity contribution in [2.24, 2.45) is 11.5 Å². The van der Waals surface area contributed by atoms with Crippen molar-refractivity contribution in [3.63, 3.8) is 0 Å². The Balaban J connectivity index is 0. The summed E-state index contributed by atoms with van der Waals surface area (Å²) in [6.07, 6.45) is 2.98. The molecule has 0 amide bonds. The Hall–Kier alpha value is 0.0738. The average molecular weight is 458 g/mol. The zero-order valence-corrected chi connectivity index (χ0v) is 21.6. The van der Waals surface area contributed by atoms with Crippen molar-refractivity contribution in [1.29, 1.82) is 0 Å². The molecular weight excluding hydrogens is 410 g/mol. The van der Waals surface area contributed by atoms with Crippen LogP contribution < -0.4 is 16.8 Å². The fourth-order valence-corrected chi connectivity index (χ4v) is 5.91. The maximum Gasteiger partial charge on any atom is 0.500 e. The second kappa shape index (κ2) is 21.3. The molecule has 0 heterocycles. The molecule has 0 aromatic carbocycles. The van der Waals surface area contributed by atoms with E-state index in [4.69, 9.17) is 38.0 Å². The zero-order chi connectivity index (χ0) is 22.4. The molecule has 0 bridgehead atoms. The van der Waals surface area contributed by atoms with Crippen LogP contribution in [0.3, 0.4) is 0 Å². The minimum Gasteiger partial charge on any atom is -0.377 e. The smallest absolute Gasteiger partial charge is 0.377 e. The summed E-state index contributed by atoms with van der Waals surface area (Å²) in [5, 5.41) is 3.23. The lowest BCUT2D eigenvalue weighted by Crippen LogP contribution is -2.46. The largest absolute Gasteiger partial charge is 0.500 e. The summed E-state index contributed by atoms with van der Waals surface area (Å²) in [6, 6.07) is 0.818. The van der Waals surface area contributed by atoms with Gasteiger partial charge in [0.2, 0.25) is 0 Å². The molecule has 178 valence electrons. The fraction of sp³-hybridized carbons (Fsp3) is 1.00.